The highest BCUT2D eigenvalue weighted by Crippen LogP contribution is 2.35. The molecule has 2 aromatic rings. The molecule has 1 aliphatic heterocycles. The maximum absolute atomic E-state index is 13.5. The molecule has 7 nitrogen and oxygen atoms in total. The Morgan fingerprint density at radius 2 is 1.94 bits per heavy atom. The third kappa shape index (κ3) is 5.63. The number of ether oxygens (including phenoxy) is 2. The third-order valence-electron chi connectivity index (χ3n) is 6.09. The van der Waals surface area contributed by atoms with E-state index in [0.717, 1.165) is 35.2 Å². The molecule has 0 saturated heterocycles. The summed E-state index contributed by atoms with van der Waals surface area (Å²) in [5.41, 5.74) is 4.06. The number of rotatable bonds is 9. The fraction of sp³-hybridized carbons (Fsp3) is 0.500. The standard InChI is InChI=1S/C26H34ClN3O4/c1-6-9-14-33-24-20(17(4)15-18(5)28-24)16-30-13-12-19-10-11-21(23(27)22(19)25(30)31)34-26(32)29(7-2)8-3/h10-11,15H,6-9,12-14,16H2,1-5H3. The summed E-state index contributed by atoms with van der Waals surface area (Å²) in [7, 11) is 0. The van der Waals surface area contributed by atoms with Gasteiger partial charge in [0.25, 0.3) is 5.91 Å². The monoisotopic (exact) mass is 487 g/mol. The van der Waals surface area contributed by atoms with Crippen molar-refractivity contribution >= 4 is 23.6 Å². The van der Waals surface area contributed by atoms with Crippen molar-refractivity contribution in [2.24, 2.45) is 0 Å². The van der Waals surface area contributed by atoms with Crippen molar-refractivity contribution in [3.63, 3.8) is 0 Å². The van der Waals surface area contributed by atoms with Crippen molar-refractivity contribution in [1.82, 2.24) is 14.8 Å². The fourth-order valence-corrected chi connectivity index (χ4v) is 4.37. The summed E-state index contributed by atoms with van der Waals surface area (Å²) in [5.74, 6) is 0.591. The molecule has 0 bridgehead atoms. The Morgan fingerprint density at radius 3 is 2.62 bits per heavy atom. The summed E-state index contributed by atoms with van der Waals surface area (Å²) in [4.78, 5) is 33.8. The van der Waals surface area contributed by atoms with E-state index in [0.29, 0.717) is 50.7 Å². The number of hydrogen-bond acceptors (Lipinski definition) is 5. The summed E-state index contributed by atoms with van der Waals surface area (Å²) in [6.07, 6.45) is 2.15. The first-order valence-electron chi connectivity index (χ1n) is 12.0. The molecule has 0 spiro atoms. The molecule has 2 amide bonds. The van der Waals surface area contributed by atoms with Gasteiger partial charge >= 0.3 is 6.09 Å². The lowest BCUT2D eigenvalue weighted by atomic mass is 9.97. The van der Waals surface area contributed by atoms with Gasteiger partial charge in [0.05, 0.1) is 23.7 Å². The lowest BCUT2D eigenvalue weighted by Crippen LogP contribution is -2.38. The summed E-state index contributed by atoms with van der Waals surface area (Å²) in [6, 6.07) is 5.49. The zero-order valence-corrected chi connectivity index (χ0v) is 21.5. The summed E-state index contributed by atoms with van der Waals surface area (Å²) >= 11 is 6.61. The van der Waals surface area contributed by atoms with Gasteiger partial charge in [-0.1, -0.05) is 31.0 Å². The van der Waals surface area contributed by atoms with Crippen LogP contribution in [0.15, 0.2) is 18.2 Å². The van der Waals surface area contributed by atoms with E-state index >= 15 is 0 Å². The second-order valence-electron chi connectivity index (χ2n) is 8.50. The van der Waals surface area contributed by atoms with Crippen LogP contribution < -0.4 is 9.47 Å². The first-order chi connectivity index (χ1) is 16.3. The molecule has 184 valence electrons. The molecule has 1 aromatic carbocycles. The molecule has 0 fully saturated rings. The number of aryl methyl sites for hydroxylation is 2. The number of carbonyl (C=O) groups is 2. The lowest BCUT2D eigenvalue weighted by Gasteiger charge is -2.30. The molecule has 0 saturated carbocycles. The van der Waals surface area contributed by atoms with Crippen LogP contribution in [-0.2, 0) is 13.0 Å². The van der Waals surface area contributed by atoms with Gasteiger partial charge in [-0.2, -0.15) is 0 Å². The van der Waals surface area contributed by atoms with Crippen molar-refractivity contribution in [2.45, 2.75) is 60.4 Å². The van der Waals surface area contributed by atoms with Gasteiger partial charge in [0.15, 0.2) is 5.75 Å². The normalized spacial score (nSPS) is 13.0. The molecule has 1 aromatic heterocycles. The smallest absolute Gasteiger partial charge is 0.415 e. The molecule has 0 unspecified atom stereocenters. The third-order valence-corrected chi connectivity index (χ3v) is 6.46. The van der Waals surface area contributed by atoms with Crippen LogP contribution in [0, 0.1) is 13.8 Å². The van der Waals surface area contributed by atoms with Gasteiger partial charge in [-0.15, -0.1) is 0 Å². The van der Waals surface area contributed by atoms with E-state index in [1.807, 2.05) is 39.8 Å². The average molecular weight is 488 g/mol. The van der Waals surface area contributed by atoms with Gasteiger partial charge in [-0.05, 0) is 63.8 Å². The van der Waals surface area contributed by atoms with Gasteiger partial charge < -0.3 is 19.3 Å². The van der Waals surface area contributed by atoms with Crippen LogP contribution in [0.4, 0.5) is 4.79 Å². The SMILES string of the molecule is CCCCOc1nc(C)cc(C)c1CN1CCc2ccc(OC(=O)N(CC)CC)c(Cl)c2C1=O. The number of unbranched alkanes of at least 4 members (excludes halogenated alkanes) is 1. The van der Waals surface area contributed by atoms with E-state index in [1.54, 1.807) is 15.9 Å². The second-order valence-corrected chi connectivity index (χ2v) is 8.87. The molecule has 3 rings (SSSR count). The number of pyridine rings is 1. The van der Waals surface area contributed by atoms with E-state index in [1.165, 1.54) is 0 Å². The Labute approximate surface area is 207 Å². The topological polar surface area (TPSA) is 72.0 Å². The largest absolute Gasteiger partial charge is 0.477 e. The maximum atomic E-state index is 13.5. The van der Waals surface area contributed by atoms with E-state index in [2.05, 4.69) is 11.9 Å². The van der Waals surface area contributed by atoms with E-state index in [-0.39, 0.29) is 16.7 Å². The van der Waals surface area contributed by atoms with Gasteiger partial charge in [0.1, 0.15) is 0 Å². The van der Waals surface area contributed by atoms with Crippen molar-refractivity contribution in [2.75, 3.05) is 26.2 Å². The highest BCUT2D eigenvalue weighted by atomic mass is 35.5. The zero-order valence-electron chi connectivity index (χ0n) is 20.7. The Morgan fingerprint density at radius 1 is 1.21 bits per heavy atom. The highest BCUT2D eigenvalue weighted by molar-refractivity contribution is 6.35. The number of hydrogen-bond donors (Lipinski definition) is 0. The van der Waals surface area contributed by atoms with E-state index < -0.39 is 6.09 Å². The van der Waals surface area contributed by atoms with Crippen LogP contribution in [0.3, 0.4) is 0 Å². The van der Waals surface area contributed by atoms with Gasteiger partial charge in [-0.25, -0.2) is 9.78 Å². The van der Waals surface area contributed by atoms with Gasteiger partial charge in [-0.3, -0.25) is 4.79 Å². The van der Waals surface area contributed by atoms with Crippen molar-refractivity contribution < 1.29 is 19.1 Å². The molecule has 0 aliphatic carbocycles. The molecule has 1 aliphatic rings. The Hall–Kier alpha value is -2.80. The van der Waals surface area contributed by atoms with Gasteiger partial charge in [0, 0.05) is 30.9 Å². The summed E-state index contributed by atoms with van der Waals surface area (Å²) in [5, 5.41) is 0.172. The second kappa shape index (κ2) is 11.6. The quantitative estimate of drug-likeness (QED) is 0.432. The number of amides is 2. The number of carbonyl (C=O) groups excluding carboxylic acids is 2. The molecule has 0 radical (unpaired) electrons. The molecule has 8 heteroatoms. The maximum Gasteiger partial charge on any atom is 0.415 e. The molecular formula is C26H34ClN3O4. The number of halogens is 1. The summed E-state index contributed by atoms with van der Waals surface area (Å²) < 4.78 is 11.5. The predicted octanol–water partition coefficient (Wildman–Crippen LogP) is 5.57. The number of fused-ring (bicyclic) bond motifs is 1. The molecule has 34 heavy (non-hydrogen) atoms. The van der Waals surface area contributed by atoms with Crippen LogP contribution >= 0.6 is 11.6 Å². The summed E-state index contributed by atoms with van der Waals surface area (Å²) in [6.45, 7) is 12.4. The minimum absolute atomic E-state index is 0.172. The number of benzene rings is 1. The number of aromatic nitrogens is 1. The van der Waals surface area contributed by atoms with Crippen LogP contribution in [0.25, 0.3) is 0 Å². The zero-order chi connectivity index (χ0) is 24.8. The van der Waals surface area contributed by atoms with Crippen LogP contribution in [0.5, 0.6) is 11.6 Å². The van der Waals surface area contributed by atoms with E-state index in [9.17, 15) is 9.59 Å². The van der Waals surface area contributed by atoms with Gasteiger partial charge in [0.2, 0.25) is 5.88 Å². The highest BCUT2D eigenvalue weighted by Gasteiger charge is 2.30. The minimum Gasteiger partial charge on any atom is -0.477 e. The molecule has 0 N–H and O–H groups in total. The van der Waals surface area contributed by atoms with Crippen molar-refractivity contribution in [3.8, 4) is 11.6 Å². The van der Waals surface area contributed by atoms with Crippen molar-refractivity contribution in [1.29, 1.82) is 0 Å². The van der Waals surface area contributed by atoms with Crippen molar-refractivity contribution in [3.05, 3.63) is 51.2 Å². The molecule has 0 atom stereocenters. The Balaban J connectivity index is 1.86. The fourth-order valence-electron chi connectivity index (χ4n) is 4.07. The van der Waals surface area contributed by atoms with Crippen LogP contribution in [0.1, 0.15) is 66.4 Å². The molecule has 2 heterocycles. The van der Waals surface area contributed by atoms with Crippen LogP contribution in [0.2, 0.25) is 5.02 Å². The first-order valence-corrected chi connectivity index (χ1v) is 12.4. The molecular weight excluding hydrogens is 454 g/mol. The Bertz CT molecular complexity index is 1050. The Kier molecular flexibility index (Phi) is 8.78. The van der Waals surface area contributed by atoms with E-state index in [4.69, 9.17) is 21.1 Å². The number of nitrogens with zero attached hydrogens (tertiary/aromatic N) is 3. The predicted molar refractivity (Wildman–Crippen MR) is 133 cm³/mol. The van der Waals surface area contributed by atoms with Crippen LogP contribution in [-0.4, -0.2) is 53.0 Å². The first kappa shape index (κ1) is 25.8. The minimum atomic E-state index is -0.484. The average Bonchev–Trinajstić information content (AvgIpc) is 2.80. The lowest BCUT2D eigenvalue weighted by molar-refractivity contribution is 0.0724.